The zero-order chi connectivity index (χ0) is 13.1. The van der Waals surface area contributed by atoms with Crippen LogP contribution in [0.4, 0.5) is 0 Å². The minimum Gasteiger partial charge on any atom is -0.825 e. The Balaban J connectivity index is 0. The summed E-state index contributed by atoms with van der Waals surface area (Å²) in [6, 6.07) is 0. The van der Waals surface area contributed by atoms with Crippen molar-refractivity contribution in [1.82, 2.24) is 0 Å². The summed E-state index contributed by atoms with van der Waals surface area (Å²) in [5.41, 5.74) is -3.55. The number of unbranched alkanes of at least 4 members (excludes halogenated alkanes) is 4. The molecule has 0 saturated carbocycles. The van der Waals surface area contributed by atoms with Crippen LogP contribution in [0.25, 0.3) is 0 Å². The van der Waals surface area contributed by atoms with Gasteiger partial charge in [-0.2, -0.15) is 17.1 Å². The van der Waals surface area contributed by atoms with Gasteiger partial charge in [-0.15, -0.1) is 11.8 Å². The van der Waals surface area contributed by atoms with E-state index in [2.05, 4.69) is 25.7 Å². The quantitative estimate of drug-likeness (QED) is 0.321. The van der Waals surface area contributed by atoms with Crippen LogP contribution < -0.4 is 9.79 Å². The van der Waals surface area contributed by atoms with Crippen LogP contribution in [0.2, 0.25) is 0 Å². The summed E-state index contributed by atoms with van der Waals surface area (Å²) in [6.07, 6.45) is 9.70. The molecule has 2 nitrogen and oxygen atoms in total. The molecule has 0 fully saturated rings. The van der Waals surface area contributed by atoms with E-state index in [1.54, 1.807) is 0 Å². The predicted molar refractivity (Wildman–Crippen MR) is 78.5 cm³/mol. The van der Waals surface area contributed by atoms with Crippen molar-refractivity contribution in [3.8, 4) is 0 Å². The fourth-order valence-electron chi connectivity index (χ4n) is 1.86. The fraction of sp³-hybridized carbons (Fsp3) is 1.00. The third-order valence-electron chi connectivity index (χ3n) is 2.90. The maximum atomic E-state index is 11.0. The molecule has 6 heteroatoms. The zero-order valence-electron chi connectivity index (χ0n) is 11.7. The van der Waals surface area contributed by atoms with Gasteiger partial charge in [0.25, 0.3) is 0 Å². The van der Waals surface area contributed by atoms with Gasteiger partial charge in [0.1, 0.15) is 0 Å². The van der Waals surface area contributed by atoms with Crippen LogP contribution in [-0.4, -0.2) is 5.75 Å². The van der Waals surface area contributed by atoms with Gasteiger partial charge in [-0.25, -0.2) is 0 Å². The molecule has 0 aromatic rings. The molecule has 0 heterocycles. The summed E-state index contributed by atoms with van der Waals surface area (Å²) in [5, 5.41) is 0. The summed E-state index contributed by atoms with van der Waals surface area (Å²) in [5.74, 6) is 1.22. The largest absolute Gasteiger partial charge is 2.00 e. The Morgan fingerprint density at radius 3 is 2.06 bits per heavy atom. The van der Waals surface area contributed by atoms with Gasteiger partial charge in [0.2, 0.25) is 0 Å². The third kappa shape index (κ3) is 15.6. The fourth-order valence-corrected chi connectivity index (χ4v) is 4.31. The Bertz CT molecular complexity index is 224. The van der Waals surface area contributed by atoms with Crippen molar-refractivity contribution in [1.29, 1.82) is 0 Å². The first-order valence-corrected chi connectivity index (χ1v) is 10.9. The van der Waals surface area contributed by atoms with E-state index in [9.17, 15) is 9.79 Å². The SMILES string of the molecule is CCCCCCC(CCCC)CSP([O-])([O-])=S.[Zn+2]. The first-order chi connectivity index (χ1) is 7.99. The van der Waals surface area contributed by atoms with Crippen LogP contribution in [0.15, 0.2) is 0 Å². The summed E-state index contributed by atoms with van der Waals surface area (Å²) in [4.78, 5) is 22.0. The third-order valence-corrected chi connectivity index (χ3v) is 6.18. The maximum absolute atomic E-state index is 11.0. The molecule has 0 rings (SSSR count). The average Bonchev–Trinajstić information content (AvgIpc) is 2.25. The van der Waals surface area contributed by atoms with Gasteiger partial charge in [-0.05, 0) is 24.5 Å². The van der Waals surface area contributed by atoms with Crippen LogP contribution in [0.5, 0.6) is 0 Å². The van der Waals surface area contributed by atoms with Gasteiger partial charge in [0, 0.05) is 0 Å². The van der Waals surface area contributed by atoms with Gasteiger partial charge < -0.3 is 9.79 Å². The van der Waals surface area contributed by atoms with Crippen LogP contribution >= 0.6 is 17.1 Å². The van der Waals surface area contributed by atoms with Gasteiger partial charge >= 0.3 is 19.5 Å². The van der Waals surface area contributed by atoms with E-state index in [-0.39, 0.29) is 19.5 Å². The Morgan fingerprint density at radius 1 is 1.00 bits per heavy atom. The van der Waals surface area contributed by atoms with Gasteiger partial charge in [0.05, 0.1) is 0 Å². The van der Waals surface area contributed by atoms with Crippen molar-refractivity contribution in [2.45, 2.75) is 65.2 Å². The summed E-state index contributed by atoms with van der Waals surface area (Å²) >= 11 is 5.40. The second-order valence-corrected chi connectivity index (χ2v) is 10.4. The average molecular weight is 362 g/mol. The Hall–Kier alpha value is 1.54. The molecular formula is C12H25O2PS2Zn. The van der Waals surface area contributed by atoms with Crippen LogP contribution in [0.1, 0.15) is 65.2 Å². The Kier molecular flexibility index (Phi) is 16.4. The predicted octanol–water partition coefficient (Wildman–Crippen LogP) is 3.44. The number of hydrogen-bond acceptors (Lipinski definition) is 4. The van der Waals surface area contributed by atoms with Crippen LogP contribution in [0, 0.1) is 5.92 Å². The van der Waals surface area contributed by atoms with Crippen molar-refractivity contribution in [3.05, 3.63) is 0 Å². The van der Waals surface area contributed by atoms with Crippen LogP contribution in [-0.2, 0) is 31.3 Å². The van der Waals surface area contributed by atoms with E-state index < -0.39 is 5.69 Å². The monoisotopic (exact) mass is 360 g/mol. The van der Waals surface area contributed by atoms with Crippen molar-refractivity contribution in [2.24, 2.45) is 5.92 Å². The van der Waals surface area contributed by atoms with E-state index in [1.807, 2.05) is 0 Å². The molecule has 0 aliphatic carbocycles. The van der Waals surface area contributed by atoms with Gasteiger partial charge in [0.15, 0.2) is 0 Å². The molecule has 0 saturated heterocycles. The van der Waals surface area contributed by atoms with Gasteiger partial charge in [-0.3, -0.25) is 0 Å². The van der Waals surface area contributed by atoms with E-state index in [0.29, 0.717) is 11.7 Å². The molecule has 0 aromatic carbocycles. The summed E-state index contributed by atoms with van der Waals surface area (Å²) in [6.45, 7) is 4.38. The number of rotatable bonds is 11. The van der Waals surface area contributed by atoms with Crippen molar-refractivity contribution in [2.75, 3.05) is 5.75 Å². The van der Waals surface area contributed by atoms with Crippen molar-refractivity contribution < 1.29 is 29.3 Å². The summed E-state index contributed by atoms with van der Waals surface area (Å²) < 4.78 is 0. The standard InChI is InChI=1S/C12H27O2PS2.Zn/c1-3-5-7-8-10-12(9-6-4-2)11-17-15(13,14)16;/h12H,3-11H2,1-2H3,(H2,13,14,16);/q;+2/p-2. The molecular weight excluding hydrogens is 337 g/mol. The zero-order valence-corrected chi connectivity index (χ0v) is 17.2. The molecule has 0 N–H and O–H groups in total. The minimum absolute atomic E-state index is 0. The second kappa shape index (κ2) is 13.5. The normalized spacial score (nSPS) is 13.1. The molecule has 104 valence electrons. The molecule has 0 radical (unpaired) electrons. The molecule has 0 bridgehead atoms. The van der Waals surface area contributed by atoms with E-state index in [1.165, 1.54) is 38.5 Å². The Labute approximate surface area is 134 Å². The first-order valence-electron chi connectivity index (χ1n) is 6.66. The molecule has 0 aliphatic rings. The Morgan fingerprint density at radius 2 is 1.56 bits per heavy atom. The molecule has 18 heavy (non-hydrogen) atoms. The second-order valence-electron chi connectivity index (χ2n) is 4.60. The number of hydrogen-bond donors (Lipinski definition) is 0. The molecule has 0 amide bonds. The van der Waals surface area contributed by atoms with Gasteiger partial charge in [-0.1, -0.05) is 52.4 Å². The maximum Gasteiger partial charge on any atom is 2.00 e. The van der Waals surface area contributed by atoms with Crippen LogP contribution in [0.3, 0.4) is 0 Å². The minimum atomic E-state index is -3.55. The smallest absolute Gasteiger partial charge is 0.825 e. The molecule has 1 unspecified atom stereocenters. The van der Waals surface area contributed by atoms with Crippen molar-refractivity contribution in [3.63, 3.8) is 0 Å². The van der Waals surface area contributed by atoms with E-state index in [4.69, 9.17) is 0 Å². The van der Waals surface area contributed by atoms with E-state index in [0.717, 1.165) is 24.2 Å². The topological polar surface area (TPSA) is 46.1 Å². The first kappa shape index (κ1) is 21.8. The molecule has 0 spiro atoms. The summed E-state index contributed by atoms with van der Waals surface area (Å²) in [7, 11) is 0. The van der Waals surface area contributed by atoms with E-state index >= 15 is 0 Å². The molecule has 0 aliphatic heterocycles. The molecule has 0 aromatic heterocycles. The van der Waals surface area contributed by atoms with Crippen molar-refractivity contribution >= 4 is 28.9 Å². The molecule has 1 atom stereocenters.